The second-order valence-electron chi connectivity index (χ2n) is 6.71. The number of carbonyl (C=O) groups excluding carboxylic acids is 1. The van der Waals surface area contributed by atoms with Gasteiger partial charge in [-0.2, -0.15) is 0 Å². The molecular weight excluding hydrogens is 309 g/mol. The Labute approximate surface area is 143 Å². The molecule has 1 fully saturated rings. The molecule has 1 aromatic rings. The van der Waals surface area contributed by atoms with Gasteiger partial charge < -0.3 is 15.0 Å². The molecule has 24 heavy (non-hydrogen) atoms. The molecule has 0 saturated carbocycles. The molecule has 1 aromatic carbocycles. The molecule has 0 bridgehead atoms. The lowest BCUT2D eigenvalue weighted by molar-refractivity contribution is -0.00905. The molecular formula is C18H28FN3O2. The van der Waals surface area contributed by atoms with Gasteiger partial charge in [-0.05, 0) is 38.5 Å². The molecule has 0 aromatic heterocycles. The smallest absolute Gasteiger partial charge is 0.317 e. The van der Waals surface area contributed by atoms with Crippen molar-refractivity contribution in [1.82, 2.24) is 15.1 Å². The lowest BCUT2D eigenvalue weighted by Crippen LogP contribution is -2.56. The van der Waals surface area contributed by atoms with Gasteiger partial charge in [-0.15, -0.1) is 0 Å². The molecule has 2 rings (SSSR count). The molecule has 1 heterocycles. The van der Waals surface area contributed by atoms with Crippen molar-refractivity contribution in [2.24, 2.45) is 0 Å². The van der Waals surface area contributed by atoms with Crippen molar-refractivity contribution in [3.63, 3.8) is 0 Å². The molecule has 0 atom stereocenters. The van der Waals surface area contributed by atoms with Crippen molar-refractivity contribution < 1.29 is 13.9 Å². The van der Waals surface area contributed by atoms with Gasteiger partial charge >= 0.3 is 6.03 Å². The van der Waals surface area contributed by atoms with Crippen molar-refractivity contribution >= 4 is 6.03 Å². The van der Waals surface area contributed by atoms with Crippen molar-refractivity contribution in [3.05, 3.63) is 35.6 Å². The summed E-state index contributed by atoms with van der Waals surface area (Å²) in [5.41, 5.74) is 0.664. The van der Waals surface area contributed by atoms with Crippen LogP contribution in [-0.2, 0) is 11.3 Å². The third-order valence-corrected chi connectivity index (χ3v) is 4.47. The average molecular weight is 337 g/mol. The monoisotopic (exact) mass is 337 g/mol. The van der Waals surface area contributed by atoms with Crippen LogP contribution in [0.1, 0.15) is 26.3 Å². The molecule has 0 unspecified atom stereocenters. The van der Waals surface area contributed by atoms with E-state index in [1.54, 1.807) is 11.0 Å². The van der Waals surface area contributed by atoms with Crippen molar-refractivity contribution in [1.29, 1.82) is 0 Å². The summed E-state index contributed by atoms with van der Waals surface area (Å²) in [5, 5.41) is 3.02. The first-order valence-corrected chi connectivity index (χ1v) is 8.52. The third kappa shape index (κ3) is 5.18. The van der Waals surface area contributed by atoms with Crippen LogP contribution in [0.25, 0.3) is 0 Å². The molecule has 134 valence electrons. The highest BCUT2D eigenvalue weighted by Crippen LogP contribution is 2.15. The van der Waals surface area contributed by atoms with Crippen molar-refractivity contribution in [2.45, 2.75) is 32.9 Å². The number of morpholine rings is 1. The van der Waals surface area contributed by atoms with E-state index < -0.39 is 0 Å². The highest BCUT2D eigenvalue weighted by molar-refractivity contribution is 5.74. The van der Waals surface area contributed by atoms with E-state index in [0.717, 1.165) is 31.9 Å². The minimum absolute atomic E-state index is 0.122. The summed E-state index contributed by atoms with van der Waals surface area (Å²) in [5.74, 6) is -0.280. The molecule has 1 aliphatic rings. The number of carbonyl (C=O) groups is 1. The number of nitrogens with zero attached hydrogens (tertiary/aromatic N) is 2. The van der Waals surface area contributed by atoms with E-state index in [9.17, 15) is 9.18 Å². The standard InChI is InChI=1S/C18H28FN3O2/c1-4-21(13-15-6-5-7-16(19)12-15)17(23)20-14-18(2,3)22-8-10-24-11-9-22/h5-7,12H,4,8-11,13-14H2,1-3H3,(H,20,23). The molecule has 0 radical (unpaired) electrons. The number of amides is 2. The number of hydrogen-bond acceptors (Lipinski definition) is 3. The fourth-order valence-electron chi connectivity index (χ4n) is 2.87. The summed E-state index contributed by atoms with van der Waals surface area (Å²) in [6, 6.07) is 6.25. The van der Waals surface area contributed by atoms with Crippen LogP contribution in [0.5, 0.6) is 0 Å². The average Bonchev–Trinajstić information content (AvgIpc) is 2.58. The minimum Gasteiger partial charge on any atom is -0.379 e. The second-order valence-corrected chi connectivity index (χ2v) is 6.71. The first-order valence-electron chi connectivity index (χ1n) is 8.52. The number of rotatable bonds is 6. The van der Waals surface area contributed by atoms with E-state index in [2.05, 4.69) is 24.1 Å². The predicted molar refractivity (Wildman–Crippen MR) is 92.4 cm³/mol. The number of halogens is 1. The van der Waals surface area contributed by atoms with E-state index in [1.807, 2.05) is 13.0 Å². The number of nitrogens with one attached hydrogen (secondary N) is 1. The summed E-state index contributed by atoms with van der Waals surface area (Å²) < 4.78 is 18.7. The van der Waals surface area contributed by atoms with Crippen LogP contribution in [0.2, 0.25) is 0 Å². The van der Waals surface area contributed by atoms with Crippen LogP contribution in [-0.4, -0.2) is 60.8 Å². The maximum atomic E-state index is 13.3. The number of urea groups is 1. The molecule has 0 aliphatic carbocycles. The number of ether oxygens (including phenoxy) is 1. The van der Waals surface area contributed by atoms with E-state index >= 15 is 0 Å². The van der Waals surface area contributed by atoms with Gasteiger partial charge in [0.15, 0.2) is 0 Å². The lowest BCUT2D eigenvalue weighted by atomic mass is 10.0. The summed E-state index contributed by atoms with van der Waals surface area (Å²) in [4.78, 5) is 16.5. The maximum Gasteiger partial charge on any atom is 0.317 e. The van der Waals surface area contributed by atoms with Gasteiger partial charge in [0.05, 0.1) is 13.2 Å². The molecule has 1 saturated heterocycles. The van der Waals surface area contributed by atoms with Gasteiger partial charge in [-0.25, -0.2) is 9.18 Å². The minimum atomic E-state index is -0.280. The highest BCUT2D eigenvalue weighted by atomic mass is 19.1. The van der Waals surface area contributed by atoms with Crippen LogP contribution in [0, 0.1) is 5.82 Å². The molecule has 6 heteroatoms. The zero-order valence-electron chi connectivity index (χ0n) is 14.8. The Balaban J connectivity index is 1.89. The van der Waals surface area contributed by atoms with Gasteiger partial charge in [0.25, 0.3) is 0 Å². The Morgan fingerprint density at radius 3 is 2.71 bits per heavy atom. The van der Waals surface area contributed by atoms with Crippen LogP contribution in [0.15, 0.2) is 24.3 Å². The van der Waals surface area contributed by atoms with Crippen molar-refractivity contribution in [2.75, 3.05) is 39.4 Å². The van der Waals surface area contributed by atoms with Gasteiger partial charge in [-0.3, -0.25) is 4.90 Å². The Morgan fingerprint density at radius 1 is 1.38 bits per heavy atom. The third-order valence-electron chi connectivity index (χ3n) is 4.47. The van der Waals surface area contributed by atoms with Crippen LogP contribution < -0.4 is 5.32 Å². The summed E-state index contributed by atoms with van der Waals surface area (Å²) >= 11 is 0. The molecule has 0 spiro atoms. The fourth-order valence-corrected chi connectivity index (χ4v) is 2.87. The van der Waals surface area contributed by atoms with Gasteiger partial charge in [-0.1, -0.05) is 12.1 Å². The van der Waals surface area contributed by atoms with Gasteiger partial charge in [0.2, 0.25) is 0 Å². The molecule has 1 aliphatic heterocycles. The quantitative estimate of drug-likeness (QED) is 0.867. The van der Waals surface area contributed by atoms with E-state index in [1.165, 1.54) is 12.1 Å². The van der Waals surface area contributed by atoms with Gasteiger partial charge in [0, 0.05) is 38.3 Å². The fraction of sp³-hybridized carbons (Fsp3) is 0.611. The van der Waals surface area contributed by atoms with E-state index in [-0.39, 0.29) is 17.4 Å². The Morgan fingerprint density at radius 2 is 2.08 bits per heavy atom. The molecule has 5 nitrogen and oxygen atoms in total. The number of hydrogen-bond donors (Lipinski definition) is 1. The maximum absolute atomic E-state index is 13.3. The Kier molecular flexibility index (Phi) is 6.57. The zero-order chi connectivity index (χ0) is 17.6. The number of benzene rings is 1. The van der Waals surface area contributed by atoms with Crippen LogP contribution in [0.3, 0.4) is 0 Å². The van der Waals surface area contributed by atoms with Crippen molar-refractivity contribution in [3.8, 4) is 0 Å². The lowest BCUT2D eigenvalue weighted by Gasteiger charge is -2.41. The molecule has 2 amide bonds. The highest BCUT2D eigenvalue weighted by Gasteiger charge is 2.29. The zero-order valence-corrected chi connectivity index (χ0v) is 14.8. The Bertz CT molecular complexity index is 545. The summed E-state index contributed by atoms with van der Waals surface area (Å²) in [7, 11) is 0. The van der Waals surface area contributed by atoms with Crippen LogP contribution >= 0.6 is 0 Å². The second kappa shape index (κ2) is 8.44. The Hall–Kier alpha value is -1.66. The van der Waals surface area contributed by atoms with Gasteiger partial charge in [0.1, 0.15) is 5.82 Å². The normalized spacial score (nSPS) is 16.0. The van der Waals surface area contributed by atoms with Crippen LogP contribution in [0.4, 0.5) is 9.18 Å². The SMILES string of the molecule is CCN(Cc1cccc(F)c1)C(=O)NCC(C)(C)N1CCOCC1. The summed E-state index contributed by atoms with van der Waals surface area (Å²) in [6.45, 7) is 10.9. The van der Waals surface area contributed by atoms with E-state index in [0.29, 0.717) is 19.6 Å². The van der Waals surface area contributed by atoms with E-state index in [4.69, 9.17) is 4.74 Å². The first kappa shape index (κ1) is 18.7. The topological polar surface area (TPSA) is 44.8 Å². The predicted octanol–water partition coefficient (Wildman–Crippen LogP) is 2.47. The first-order chi connectivity index (χ1) is 11.4. The largest absolute Gasteiger partial charge is 0.379 e. The summed E-state index contributed by atoms with van der Waals surface area (Å²) in [6.07, 6.45) is 0. The molecule has 1 N–H and O–H groups in total.